The molecule has 0 spiro atoms. The molecule has 0 saturated carbocycles. The third-order valence-electron chi connectivity index (χ3n) is 2.25. The van der Waals surface area contributed by atoms with Crippen molar-refractivity contribution in [3.05, 3.63) is 36.7 Å². The molecule has 2 aromatic rings. The summed E-state index contributed by atoms with van der Waals surface area (Å²) in [6.07, 6.45) is 4.33. The van der Waals surface area contributed by atoms with Gasteiger partial charge in [0, 0.05) is 12.6 Å². The number of aromatic nitrogens is 2. The highest BCUT2D eigenvalue weighted by Gasteiger charge is 2.01. The van der Waals surface area contributed by atoms with E-state index >= 15 is 0 Å². The Bertz CT molecular complexity index is 482. The van der Waals surface area contributed by atoms with Gasteiger partial charge in [0.2, 0.25) is 0 Å². The lowest BCUT2D eigenvalue weighted by atomic mass is 10.3. The van der Waals surface area contributed by atoms with Gasteiger partial charge in [0.05, 0.1) is 12.4 Å². The summed E-state index contributed by atoms with van der Waals surface area (Å²) in [5, 5.41) is 13.4. The lowest BCUT2D eigenvalue weighted by molar-refractivity contribution is 0.454. The van der Waals surface area contributed by atoms with Gasteiger partial charge in [-0.15, -0.1) is 0 Å². The molecule has 90 valence electrons. The van der Waals surface area contributed by atoms with Crippen molar-refractivity contribution in [2.24, 2.45) is 5.73 Å². The first-order valence-corrected chi connectivity index (χ1v) is 5.47. The van der Waals surface area contributed by atoms with Gasteiger partial charge < -0.3 is 15.6 Å². The molecule has 0 aliphatic rings. The molecule has 1 heterocycles. The number of aryl methyl sites for hydroxylation is 1. The SMILES string of the molecule is NCCCn1cc(Oc2cccc(O)c2)cn1. The fraction of sp³-hybridized carbons (Fsp3) is 0.250. The molecule has 0 saturated heterocycles. The molecule has 0 aliphatic heterocycles. The van der Waals surface area contributed by atoms with Gasteiger partial charge in [-0.05, 0) is 25.1 Å². The maximum Gasteiger partial charge on any atom is 0.165 e. The van der Waals surface area contributed by atoms with Gasteiger partial charge in [-0.3, -0.25) is 4.68 Å². The van der Waals surface area contributed by atoms with Gasteiger partial charge in [0.1, 0.15) is 11.5 Å². The average Bonchev–Trinajstić information content (AvgIpc) is 2.74. The van der Waals surface area contributed by atoms with E-state index in [9.17, 15) is 5.11 Å². The molecule has 0 radical (unpaired) electrons. The number of phenols is 1. The first-order chi connectivity index (χ1) is 8.28. The van der Waals surface area contributed by atoms with Crippen molar-refractivity contribution in [2.45, 2.75) is 13.0 Å². The first-order valence-electron chi connectivity index (χ1n) is 5.47. The second-order valence-electron chi connectivity index (χ2n) is 3.68. The maximum absolute atomic E-state index is 9.30. The van der Waals surface area contributed by atoms with Crippen LogP contribution in [0.5, 0.6) is 17.2 Å². The topological polar surface area (TPSA) is 73.3 Å². The normalized spacial score (nSPS) is 10.4. The average molecular weight is 233 g/mol. The van der Waals surface area contributed by atoms with E-state index < -0.39 is 0 Å². The van der Waals surface area contributed by atoms with Gasteiger partial charge >= 0.3 is 0 Å². The Hall–Kier alpha value is -2.01. The standard InChI is InChI=1S/C12H15N3O2/c13-5-2-6-15-9-12(8-14-15)17-11-4-1-3-10(16)7-11/h1,3-4,7-9,16H,2,5-6,13H2. The van der Waals surface area contributed by atoms with Crippen molar-refractivity contribution in [1.29, 1.82) is 0 Å². The van der Waals surface area contributed by atoms with Crippen LogP contribution in [0.2, 0.25) is 0 Å². The second kappa shape index (κ2) is 5.36. The Labute approximate surface area is 99.4 Å². The zero-order chi connectivity index (χ0) is 12.1. The van der Waals surface area contributed by atoms with Crippen LogP contribution in [0.25, 0.3) is 0 Å². The number of rotatable bonds is 5. The molecular formula is C12H15N3O2. The largest absolute Gasteiger partial charge is 0.508 e. The summed E-state index contributed by atoms with van der Waals surface area (Å²) >= 11 is 0. The summed E-state index contributed by atoms with van der Waals surface area (Å²) in [4.78, 5) is 0. The predicted molar refractivity (Wildman–Crippen MR) is 64.1 cm³/mol. The fourth-order valence-corrected chi connectivity index (χ4v) is 1.46. The molecule has 0 bridgehead atoms. The van der Waals surface area contributed by atoms with Gasteiger partial charge in [-0.2, -0.15) is 5.10 Å². The summed E-state index contributed by atoms with van der Waals surface area (Å²) in [6.45, 7) is 1.42. The molecule has 0 unspecified atom stereocenters. The van der Waals surface area contributed by atoms with E-state index in [2.05, 4.69) is 5.10 Å². The van der Waals surface area contributed by atoms with Crippen molar-refractivity contribution in [3.8, 4) is 17.2 Å². The molecule has 0 fully saturated rings. The summed E-state index contributed by atoms with van der Waals surface area (Å²) in [7, 11) is 0. The van der Waals surface area contributed by atoms with Crippen LogP contribution in [0.15, 0.2) is 36.7 Å². The van der Waals surface area contributed by atoms with Crippen molar-refractivity contribution < 1.29 is 9.84 Å². The summed E-state index contributed by atoms with van der Waals surface area (Å²) in [6, 6.07) is 6.65. The Morgan fingerprint density at radius 1 is 1.35 bits per heavy atom. The second-order valence-corrected chi connectivity index (χ2v) is 3.68. The third kappa shape index (κ3) is 3.22. The van der Waals surface area contributed by atoms with Gasteiger partial charge in [-0.1, -0.05) is 6.07 Å². The van der Waals surface area contributed by atoms with E-state index in [1.807, 2.05) is 0 Å². The lowest BCUT2D eigenvalue weighted by Gasteiger charge is -2.02. The van der Waals surface area contributed by atoms with Crippen LogP contribution >= 0.6 is 0 Å². The predicted octanol–water partition coefficient (Wildman–Crippen LogP) is 1.73. The molecule has 1 aromatic heterocycles. The minimum absolute atomic E-state index is 0.179. The van der Waals surface area contributed by atoms with Gasteiger partial charge in [-0.25, -0.2) is 0 Å². The molecule has 2 rings (SSSR count). The van der Waals surface area contributed by atoms with Gasteiger partial charge in [0.15, 0.2) is 5.75 Å². The van der Waals surface area contributed by atoms with Crippen molar-refractivity contribution >= 4 is 0 Å². The molecule has 0 aliphatic carbocycles. The minimum atomic E-state index is 0.179. The molecule has 0 atom stereocenters. The van der Waals surface area contributed by atoms with Crippen LogP contribution in [0.1, 0.15) is 6.42 Å². The molecule has 1 aromatic carbocycles. The molecule has 17 heavy (non-hydrogen) atoms. The van der Waals surface area contributed by atoms with Crippen LogP contribution in [-0.2, 0) is 6.54 Å². The third-order valence-corrected chi connectivity index (χ3v) is 2.25. The molecule has 5 heteroatoms. The van der Waals surface area contributed by atoms with E-state index in [-0.39, 0.29) is 5.75 Å². The number of nitrogens with zero attached hydrogens (tertiary/aromatic N) is 2. The molecule has 5 nitrogen and oxygen atoms in total. The quantitative estimate of drug-likeness (QED) is 0.824. The number of benzene rings is 1. The fourth-order valence-electron chi connectivity index (χ4n) is 1.46. The van der Waals surface area contributed by atoms with Crippen LogP contribution in [0.3, 0.4) is 0 Å². The van der Waals surface area contributed by atoms with Crippen LogP contribution in [0.4, 0.5) is 0 Å². The molecule has 0 amide bonds. The number of hydrogen-bond donors (Lipinski definition) is 2. The van der Waals surface area contributed by atoms with E-state index in [0.29, 0.717) is 18.0 Å². The number of hydrogen-bond acceptors (Lipinski definition) is 4. The smallest absolute Gasteiger partial charge is 0.165 e. The Balaban J connectivity index is 2.01. The molecular weight excluding hydrogens is 218 g/mol. The Morgan fingerprint density at radius 2 is 2.24 bits per heavy atom. The van der Waals surface area contributed by atoms with E-state index in [0.717, 1.165) is 13.0 Å². The number of aromatic hydroxyl groups is 1. The zero-order valence-electron chi connectivity index (χ0n) is 9.41. The first kappa shape index (κ1) is 11.5. The highest BCUT2D eigenvalue weighted by molar-refractivity contribution is 5.34. The lowest BCUT2D eigenvalue weighted by Crippen LogP contribution is -2.05. The molecule has 3 N–H and O–H groups in total. The highest BCUT2D eigenvalue weighted by atomic mass is 16.5. The van der Waals surface area contributed by atoms with Crippen LogP contribution in [0, 0.1) is 0 Å². The summed E-state index contributed by atoms with van der Waals surface area (Å²) < 4.78 is 7.33. The Morgan fingerprint density at radius 3 is 3.00 bits per heavy atom. The monoisotopic (exact) mass is 233 g/mol. The number of nitrogens with two attached hydrogens (primary N) is 1. The number of phenolic OH excluding ortho intramolecular Hbond substituents is 1. The summed E-state index contributed by atoms with van der Waals surface area (Å²) in [5.41, 5.74) is 5.42. The van der Waals surface area contributed by atoms with Gasteiger partial charge in [0.25, 0.3) is 0 Å². The van der Waals surface area contributed by atoms with Crippen LogP contribution < -0.4 is 10.5 Å². The van der Waals surface area contributed by atoms with Crippen molar-refractivity contribution in [1.82, 2.24) is 9.78 Å². The number of ether oxygens (including phenoxy) is 1. The van der Waals surface area contributed by atoms with E-state index in [4.69, 9.17) is 10.5 Å². The van der Waals surface area contributed by atoms with Crippen LogP contribution in [-0.4, -0.2) is 21.4 Å². The minimum Gasteiger partial charge on any atom is -0.508 e. The summed E-state index contributed by atoms with van der Waals surface area (Å²) in [5.74, 6) is 1.41. The van der Waals surface area contributed by atoms with Crippen molar-refractivity contribution in [3.63, 3.8) is 0 Å². The van der Waals surface area contributed by atoms with E-state index in [1.165, 1.54) is 0 Å². The maximum atomic E-state index is 9.30. The van der Waals surface area contributed by atoms with E-state index in [1.54, 1.807) is 41.3 Å². The highest BCUT2D eigenvalue weighted by Crippen LogP contribution is 2.23. The van der Waals surface area contributed by atoms with Crippen molar-refractivity contribution in [2.75, 3.05) is 6.54 Å². The Kier molecular flexibility index (Phi) is 3.62. The zero-order valence-corrected chi connectivity index (χ0v) is 9.41.